The second kappa shape index (κ2) is 5.16. The zero-order chi connectivity index (χ0) is 14.9. The van der Waals surface area contributed by atoms with Crippen molar-refractivity contribution in [2.75, 3.05) is 0 Å². The molecule has 7 heteroatoms. The maximum Gasteiger partial charge on any atom is 0.320 e. The van der Waals surface area contributed by atoms with Crippen LogP contribution < -0.4 is 0 Å². The van der Waals surface area contributed by atoms with Gasteiger partial charge >= 0.3 is 11.9 Å². The summed E-state index contributed by atoms with van der Waals surface area (Å²) in [6.07, 6.45) is 0. The number of benzene rings is 1. The van der Waals surface area contributed by atoms with Gasteiger partial charge in [0.25, 0.3) is 5.22 Å². The van der Waals surface area contributed by atoms with Crippen molar-refractivity contribution in [2.45, 2.75) is 23.8 Å². The summed E-state index contributed by atoms with van der Waals surface area (Å²) in [6.45, 7) is 2.71. The summed E-state index contributed by atoms with van der Waals surface area (Å²) < 4.78 is 3.88. The number of carboxylic acid groups (broad SMARTS) is 2. The van der Waals surface area contributed by atoms with Crippen molar-refractivity contribution < 1.29 is 24.2 Å². The molecule has 0 aliphatic heterocycles. The van der Waals surface area contributed by atoms with Crippen LogP contribution in [0.5, 0.6) is 0 Å². The molecule has 1 aromatic heterocycles. The summed E-state index contributed by atoms with van der Waals surface area (Å²) in [5.41, 5.74) is 1.14. The Morgan fingerprint density at radius 1 is 1.35 bits per heavy atom. The molecule has 2 aromatic rings. The van der Waals surface area contributed by atoms with E-state index in [1.807, 2.05) is 0 Å². The summed E-state index contributed by atoms with van der Waals surface area (Å²) in [6, 6.07) is 7.01. The lowest BCUT2D eigenvalue weighted by molar-refractivity contribution is -0.150. The molecule has 1 aromatic carbocycles. The molecule has 0 radical (unpaired) electrons. The number of carboxylic acids is 2. The number of hydrogen-bond donors (Lipinski definition) is 2. The number of para-hydroxylation sites is 2. The van der Waals surface area contributed by atoms with Crippen LogP contribution >= 0.6 is 11.8 Å². The van der Waals surface area contributed by atoms with Crippen LogP contribution in [0, 0.1) is 5.92 Å². The Labute approximate surface area is 118 Å². The molecule has 0 fully saturated rings. The van der Waals surface area contributed by atoms with E-state index in [4.69, 9.17) is 9.52 Å². The first-order valence-electron chi connectivity index (χ1n) is 5.85. The Kier molecular flexibility index (Phi) is 3.71. The molecule has 2 rings (SSSR count). The fourth-order valence-electron chi connectivity index (χ4n) is 1.63. The van der Waals surface area contributed by atoms with E-state index in [1.54, 1.807) is 24.3 Å². The van der Waals surface area contributed by atoms with Crippen molar-refractivity contribution in [3.63, 3.8) is 0 Å². The molecule has 0 aliphatic rings. The lowest BCUT2D eigenvalue weighted by Gasteiger charge is -2.26. The Morgan fingerprint density at radius 3 is 2.55 bits per heavy atom. The average molecular weight is 295 g/mol. The normalized spacial score (nSPS) is 15.7. The molecule has 2 N–H and O–H groups in total. The number of carbonyl (C=O) groups is 2. The number of hydrogen-bond acceptors (Lipinski definition) is 5. The van der Waals surface area contributed by atoms with Crippen LogP contribution in [0.15, 0.2) is 33.9 Å². The molecule has 1 heterocycles. The van der Waals surface area contributed by atoms with E-state index in [-0.39, 0.29) is 5.22 Å². The van der Waals surface area contributed by atoms with E-state index in [9.17, 15) is 14.7 Å². The van der Waals surface area contributed by atoms with Gasteiger partial charge in [0.1, 0.15) is 10.3 Å². The van der Waals surface area contributed by atoms with Gasteiger partial charge in [-0.3, -0.25) is 9.59 Å². The van der Waals surface area contributed by atoms with Crippen LogP contribution in [0.25, 0.3) is 11.1 Å². The van der Waals surface area contributed by atoms with Gasteiger partial charge in [-0.2, -0.15) is 0 Å². The standard InChI is InChI=1S/C13H13NO5S/c1-7(10(15)16)13(2,11(17)18)20-12-14-8-5-3-4-6-9(8)19-12/h3-7H,1-2H3,(H,15,16)(H,17,18). The molecule has 2 atom stereocenters. The third-order valence-corrected chi connectivity index (χ3v) is 4.50. The summed E-state index contributed by atoms with van der Waals surface area (Å²) in [4.78, 5) is 26.7. The third-order valence-electron chi connectivity index (χ3n) is 3.19. The fraction of sp³-hybridized carbons (Fsp3) is 0.308. The van der Waals surface area contributed by atoms with Crippen LogP contribution in [0.2, 0.25) is 0 Å². The number of rotatable bonds is 5. The maximum absolute atomic E-state index is 11.4. The topological polar surface area (TPSA) is 101 Å². The Bertz CT molecular complexity index is 635. The zero-order valence-corrected chi connectivity index (χ0v) is 11.7. The van der Waals surface area contributed by atoms with Crippen molar-refractivity contribution in [2.24, 2.45) is 5.92 Å². The number of aromatic nitrogens is 1. The molecule has 0 bridgehead atoms. The summed E-state index contributed by atoms with van der Waals surface area (Å²) in [5, 5.41) is 18.5. The van der Waals surface area contributed by atoms with Crippen LogP contribution in [0.1, 0.15) is 13.8 Å². The van der Waals surface area contributed by atoms with Gasteiger partial charge in [0, 0.05) is 0 Å². The fourth-order valence-corrected chi connectivity index (χ4v) is 2.63. The second-order valence-corrected chi connectivity index (χ2v) is 5.92. The summed E-state index contributed by atoms with van der Waals surface area (Å²) in [7, 11) is 0. The van der Waals surface area contributed by atoms with Crippen LogP contribution in [-0.2, 0) is 9.59 Å². The Balaban J connectivity index is 2.37. The predicted octanol–water partition coefficient (Wildman–Crippen LogP) is 2.48. The molecular formula is C13H13NO5S. The van der Waals surface area contributed by atoms with Gasteiger partial charge in [0.05, 0.1) is 5.92 Å². The highest BCUT2D eigenvalue weighted by atomic mass is 32.2. The van der Waals surface area contributed by atoms with Crippen molar-refractivity contribution in [1.82, 2.24) is 4.98 Å². The molecule has 0 amide bonds. The van der Waals surface area contributed by atoms with Gasteiger partial charge < -0.3 is 14.6 Å². The minimum Gasteiger partial charge on any atom is -0.481 e. The Morgan fingerprint density at radius 2 is 2.00 bits per heavy atom. The highest BCUT2D eigenvalue weighted by Crippen LogP contribution is 2.39. The van der Waals surface area contributed by atoms with Gasteiger partial charge in [0.15, 0.2) is 5.58 Å². The minimum atomic E-state index is -1.56. The molecule has 20 heavy (non-hydrogen) atoms. The van der Waals surface area contributed by atoms with Gasteiger partial charge in [-0.1, -0.05) is 12.1 Å². The number of nitrogens with zero attached hydrogens (tertiary/aromatic N) is 1. The van der Waals surface area contributed by atoms with E-state index < -0.39 is 22.6 Å². The molecule has 0 aliphatic carbocycles. The first-order valence-corrected chi connectivity index (χ1v) is 6.67. The third kappa shape index (κ3) is 2.49. The van der Waals surface area contributed by atoms with E-state index in [0.717, 1.165) is 11.8 Å². The molecule has 6 nitrogen and oxygen atoms in total. The van der Waals surface area contributed by atoms with E-state index in [0.29, 0.717) is 11.1 Å². The van der Waals surface area contributed by atoms with E-state index >= 15 is 0 Å². The van der Waals surface area contributed by atoms with Crippen molar-refractivity contribution in [3.05, 3.63) is 24.3 Å². The average Bonchev–Trinajstić information content (AvgIpc) is 2.79. The van der Waals surface area contributed by atoms with Crippen molar-refractivity contribution in [3.8, 4) is 0 Å². The predicted molar refractivity (Wildman–Crippen MR) is 72.7 cm³/mol. The first-order chi connectivity index (χ1) is 9.34. The smallest absolute Gasteiger partial charge is 0.320 e. The van der Waals surface area contributed by atoms with Gasteiger partial charge in [-0.15, -0.1) is 0 Å². The number of aliphatic carboxylic acids is 2. The molecule has 106 valence electrons. The van der Waals surface area contributed by atoms with Crippen LogP contribution in [0.3, 0.4) is 0 Å². The SMILES string of the molecule is CC(C(=O)O)C(C)(Sc1nc2ccccc2o1)C(=O)O. The number of thioether (sulfide) groups is 1. The van der Waals surface area contributed by atoms with Gasteiger partial charge in [-0.05, 0) is 37.7 Å². The largest absolute Gasteiger partial charge is 0.481 e. The highest BCUT2D eigenvalue weighted by Gasteiger charge is 2.45. The molecule has 2 unspecified atom stereocenters. The highest BCUT2D eigenvalue weighted by molar-refractivity contribution is 8.01. The van der Waals surface area contributed by atoms with Crippen LogP contribution in [-0.4, -0.2) is 31.9 Å². The maximum atomic E-state index is 11.4. The molecule has 0 saturated carbocycles. The molecular weight excluding hydrogens is 282 g/mol. The Hall–Kier alpha value is -2.02. The summed E-state index contributed by atoms with van der Waals surface area (Å²) in [5.74, 6) is -3.50. The molecule has 0 spiro atoms. The number of fused-ring (bicyclic) bond motifs is 1. The minimum absolute atomic E-state index is 0.143. The molecule has 0 saturated heterocycles. The quantitative estimate of drug-likeness (QED) is 0.817. The van der Waals surface area contributed by atoms with Crippen molar-refractivity contribution >= 4 is 34.8 Å². The van der Waals surface area contributed by atoms with E-state index in [1.165, 1.54) is 13.8 Å². The van der Waals surface area contributed by atoms with Gasteiger partial charge in [0.2, 0.25) is 0 Å². The lowest BCUT2D eigenvalue weighted by atomic mass is 9.95. The first kappa shape index (κ1) is 14.4. The monoisotopic (exact) mass is 295 g/mol. The van der Waals surface area contributed by atoms with E-state index in [2.05, 4.69) is 4.98 Å². The second-order valence-electron chi connectivity index (χ2n) is 4.52. The summed E-state index contributed by atoms with van der Waals surface area (Å²) >= 11 is 0.803. The van der Waals surface area contributed by atoms with Crippen LogP contribution in [0.4, 0.5) is 0 Å². The van der Waals surface area contributed by atoms with Gasteiger partial charge in [-0.25, -0.2) is 4.98 Å². The van der Waals surface area contributed by atoms with Crippen molar-refractivity contribution in [1.29, 1.82) is 0 Å². The lowest BCUT2D eigenvalue weighted by Crippen LogP contribution is -2.42. The number of oxazole rings is 1. The zero-order valence-electron chi connectivity index (χ0n) is 10.9.